The maximum absolute atomic E-state index is 12.8. The zero-order valence-corrected chi connectivity index (χ0v) is 14.4. The highest BCUT2D eigenvalue weighted by atomic mass is 16.2. The summed E-state index contributed by atoms with van der Waals surface area (Å²) in [5.41, 5.74) is 4.05. The molecule has 0 N–H and O–H groups in total. The summed E-state index contributed by atoms with van der Waals surface area (Å²) < 4.78 is 0. The Morgan fingerprint density at radius 1 is 0.960 bits per heavy atom. The number of piperazine rings is 1. The van der Waals surface area contributed by atoms with Crippen molar-refractivity contribution in [3.63, 3.8) is 0 Å². The second-order valence-corrected chi connectivity index (χ2v) is 6.22. The predicted molar refractivity (Wildman–Crippen MR) is 99.3 cm³/mol. The molecule has 1 heterocycles. The van der Waals surface area contributed by atoms with E-state index in [0.29, 0.717) is 31.7 Å². The van der Waals surface area contributed by atoms with Gasteiger partial charge in [0.15, 0.2) is 0 Å². The fourth-order valence-electron chi connectivity index (χ4n) is 3.16. The third-order valence-corrected chi connectivity index (χ3v) is 4.62. The van der Waals surface area contributed by atoms with Gasteiger partial charge in [0.05, 0.1) is 0 Å². The van der Waals surface area contributed by atoms with Gasteiger partial charge in [-0.15, -0.1) is 0 Å². The van der Waals surface area contributed by atoms with E-state index in [2.05, 4.69) is 25.6 Å². The molecule has 0 spiro atoms. The molecule has 25 heavy (non-hydrogen) atoms. The Morgan fingerprint density at radius 2 is 1.64 bits per heavy atom. The summed E-state index contributed by atoms with van der Waals surface area (Å²) >= 11 is 0. The van der Waals surface area contributed by atoms with Crippen LogP contribution < -0.4 is 0 Å². The topological polar surface area (TPSA) is 40.6 Å². The average molecular weight is 334 g/mol. The molecule has 1 aliphatic rings. The molecule has 2 aromatic carbocycles. The summed E-state index contributed by atoms with van der Waals surface area (Å²) in [4.78, 5) is 28.0. The maximum atomic E-state index is 12.8. The van der Waals surface area contributed by atoms with Crippen LogP contribution in [0.4, 0.5) is 0 Å². The molecule has 4 heteroatoms. The number of carbonyl (C=O) groups is 2. The van der Waals surface area contributed by atoms with Gasteiger partial charge in [0, 0.05) is 31.7 Å². The van der Waals surface area contributed by atoms with Gasteiger partial charge in [-0.1, -0.05) is 43.0 Å². The highest BCUT2D eigenvalue weighted by molar-refractivity contribution is 5.96. The minimum atomic E-state index is -0.0753. The Kier molecular flexibility index (Phi) is 4.98. The molecule has 1 fully saturated rings. The molecule has 4 nitrogen and oxygen atoms in total. The van der Waals surface area contributed by atoms with Gasteiger partial charge in [0.25, 0.3) is 5.91 Å². The summed E-state index contributed by atoms with van der Waals surface area (Å²) in [5, 5.41) is 0. The molecule has 1 aliphatic heterocycles. The molecular formula is C21H22N2O2. The van der Waals surface area contributed by atoms with E-state index < -0.39 is 0 Å². The van der Waals surface area contributed by atoms with Gasteiger partial charge in [0.2, 0.25) is 5.91 Å². The van der Waals surface area contributed by atoms with E-state index in [-0.39, 0.29) is 11.8 Å². The summed E-state index contributed by atoms with van der Waals surface area (Å²) in [6, 6.07) is 15.9. The second-order valence-electron chi connectivity index (χ2n) is 6.22. The summed E-state index contributed by atoms with van der Waals surface area (Å²) in [7, 11) is 0. The zero-order valence-electron chi connectivity index (χ0n) is 14.4. The van der Waals surface area contributed by atoms with Crippen LogP contribution in [0.3, 0.4) is 0 Å². The van der Waals surface area contributed by atoms with Crippen LogP contribution >= 0.6 is 0 Å². The third-order valence-electron chi connectivity index (χ3n) is 4.62. The summed E-state index contributed by atoms with van der Waals surface area (Å²) in [5.74, 6) is -0.0604. The number of amides is 2. The monoisotopic (exact) mass is 334 g/mol. The van der Waals surface area contributed by atoms with Crippen molar-refractivity contribution >= 4 is 11.8 Å². The molecule has 2 amide bonds. The second kappa shape index (κ2) is 7.34. The predicted octanol–water partition coefficient (Wildman–Crippen LogP) is 3.13. The molecule has 0 unspecified atom stereocenters. The number of hydrogen-bond donors (Lipinski definition) is 0. The molecule has 1 saturated heterocycles. The van der Waals surface area contributed by atoms with Crippen molar-refractivity contribution in [1.29, 1.82) is 0 Å². The van der Waals surface area contributed by atoms with E-state index in [1.54, 1.807) is 4.90 Å². The van der Waals surface area contributed by atoms with E-state index >= 15 is 0 Å². The Morgan fingerprint density at radius 3 is 2.32 bits per heavy atom. The van der Waals surface area contributed by atoms with Crippen molar-refractivity contribution in [2.75, 3.05) is 26.2 Å². The van der Waals surface area contributed by atoms with Gasteiger partial charge in [-0.25, -0.2) is 0 Å². The lowest BCUT2D eigenvalue weighted by Gasteiger charge is -2.34. The van der Waals surface area contributed by atoms with Crippen molar-refractivity contribution in [2.24, 2.45) is 0 Å². The SMILES string of the molecule is C=CC(=O)N1CCN(C(=O)c2cccc(-c3ccccc3C)c2)CC1. The van der Waals surface area contributed by atoms with Crippen molar-refractivity contribution in [3.8, 4) is 11.1 Å². The Balaban J connectivity index is 1.76. The van der Waals surface area contributed by atoms with Gasteiger partial charge in [-0.2, -0.15) is 0 Å². The van der Waals surface area contributed by atoms with Gasteiger partial charge in [-0.05, 0) is 41.8 Å². The van der Waals surface area contributed by atoms with E-state index in [1.165, 1.54) is 11.6 Å². The summed E-state index contributed by atoms with van der Waals surface area (Å²) in [6.45, 7) is 7.78. The lowest BCUT2D eigenvalue weighted by atomic mass is 9.98. The van der Waals surface area contributed by atoms with Crippen LogP contribution in [0.5, 0.6) is 0 Å². The van der Waals surface area contributed by atoms with Gasteiger partial charge < -0.3 is 9.80 Å². The maximum Gasteiger partial charge on any atom is 0.253 e. The van der Waals surface area contributed by atoms with Crippen molar-refractivity contribution in [3.05, 3.63) is 72.3 Å². The zero-order chi connectivity index (χ0) is 17.8. The lowest BCUT2D eigenvalue weighted by Crippen LogP contribution is -2.50. The molecule has 0 aliphatic carbocycles. The first-order chi connectivity index (χ1) is 12.1. The fourth-order valence-corrected chi connectivity index (χ4v) is 3.16. The first-order valence-electron chi connectivity index (χ1n) is 8.47. The van der Waals surface area contributed by atoms with Crippen LogP contribution in [0.15, 0.2) is 61.2 Å². The van der Waals surface area contributed by atoms with E-state index in [9.17, 15) is 9.59 Å². The van der Waals surface area contributed by atoms with Crippen molar-refractivity contribution < 1.29 is 9.59 Å². The number of benzene rings is 2. The number of hydrogen-bond acceptors (Lipinski definition) is 2. The van der Waals surface area contributed by atoms with E-state index in [0.717, 1.165) is 11.1 Å². The van der Waals surface area contributed by atoms with E-state index in [4.69, 9.17) is 0 Å². The molecule has 2 aromatic rings. The Labute approximate surface area is 148 Å². The molecular weight excluding hydrogens is 312 g/mol. The number of rotatable bonds is 3. The van der Waals surface area contributed by atoms with Gasteiger partial charge in [0.1, 0.15) is 0 Å². The van der Waals surface area contributed by atoms with Gasteiger partial charge >= 0.3 is 0 Å². The number of nitrogens with zero attached hydrogens (tertiary/aromatic N) is 2. The van der Waals surface area contributed by atoms with Crippen molar-refractivity contribution in [1.82, 2.24) is 9.80 Å². The third kappa shape index (κ3) is 3.63. The lowest BCUT2D eigenvalue weighted by molar-refractivity contribution is -0.127. The molecule has 0 radical (unpaired) electrons. The minimum Gasteiger partial charge on any atom is -0.336 e. The van der Waals surface area contributed by atoms with Crippen LogP contribution in [-0.2, 0) is 4.79 Å². The highest BCUT2D eigenvalue weighted by Gasteiger charge is 2.23. The molecule has 0 saturated carbocycles. The van der Waals surface area contributed by atoms with Crippen molar-refractivity contribution in [2.45, 2.75) is 6.92 Å². The highest BCUT2D eigenvalue weighted by Crippen LogP contribution is 2.24. The van der Waals surface area contributed by atoms with Gasteiger partial charge in [-0.3, -0.25) is 9.59 Å². The Hall–Kier alpha value is -2.88. The first-order valence-corrected chi connectivity index (χ1v) is 8.47. The van der Waals surface area contributed by atoms with Crippen LogP contribution in [0, 0.1) is 6.92 Å². The quantitative estimate of drug-likeness (QED) is 0.809. The smallest absolute Gasteiger partial charge is 0.253 e. The first kappa shape index (κ1) is 17.0. The largest absolute Gasteiger partial charge is 0.336 e. The van der Waals surface area contributed by atoms with Crippen LogP contribution in [0.25, 0.3) is 11.1 Å². The number of aryl methyl sites for hydroxylation is 1. The number of carbonyl (C=O) groups excluding carboxylic acids is 2. The van der Waals surface area contributed by atoms with Crippen LogP contribution in [-0.4, -0.2) is 47.8 Å². The molecule has 0 aromatic heterocycles. The van der Waals surface area contributed by atoms with Crippen LogP contribution in [0.1, 0.15) is 15.9 Å². The minimum absolute atomic E-state index is 0.0149. The van der Waals surface area contributed by atoms with E-state index in [1.807, 2.05) is 41.3 Å². The normalized spacial score (nSPS) is 14.3. The Bertz CT molecular complexity index is 805. The molecule has 0 atom stereocenters. The molecule has 3 rings (SSSR count). The summed E-state index contributed by atoms with van der Waals surface area (Å²) in [6.07, 6.45) is 1.32. The molecule has 128 valence electrons. The fraction of sp³-hybridized carbons (Fsp3) is 0.238. The molecule has 0 bridgehead atoms. The van der Waals surface area contributed by atoms with Crippen LogP contribution in [0.2, 0.25) is 0 Å². The average Bonchev–Trinajstić information content (AvgIpc) is 2.67. The standard InChI is InChI=1S/C21H22N2O2/c1-3-20(24)22-11-13-23(14-12-22)21(25)18-9-6-8-17(15-18)19-10-5-4-7-16(19)2/h3-10,15H,1,11-14H2,2H3.